The van der Waals surface area contributed by atoms with Crippen LogP contribution in [-0.4, -0.2) is 30.5 Å². The third-order valence-electron chi connectivity index (χ3n) is 2.94. The topological polar surface area (TPSA) is 84.9 Å². The number of nitrogens with two attached hydrogens (primary N) is 1. The van der Waals surface area contributed by atoms with Gasteiger partial charge in [-0.25, -0.2) is 0 Å². The molecule has 0 radical (unpaired) electrons. The molecule has 2 atom stereocenters. The smallest absolute Gasteiger partial charge is 0.200 e. The molecule has 0 saturated carbocycles. The van der Waals surface area contributed by atoms with Crippen LogP contribution >= 0.6 is 0 Å². The van der Waals surface area contributed by atoms with Gasteiger partial charge in [0.1, 0.15) is 0 Å². The van der Waals surface area contributed by atoms with Crippen molar-refractivity contribution in [3.8, 4) is 17.2 Å². The molecule has 0 amide bonds. The summed E-state index contributed by atoms with van der Waals surface area (Å²) in [5.74, 6) is 0.507. The van der Waals surface area contributed by atoms with E-state index in [1.807, 2.05) is 13.8 Å². The second kappa shape index (κ2) is 5.93. The molecule has 1 rings (SSSR count). The van der Waals surface area contributed by atoms with Gasteiger partial charge >= 0.3 is 0 Å². The average molecular weight is 255 g/mol. The highest BCUT2D eigenvalue weighted by molar-refractivity contribution is 5.53. The molecule has 5 heteroatoms. The van der Waals surface area contributed by atoms with Crippen molar-refractivity contribution in [3.05, 3.63) is 17.7 Å². The highest BCUT2D eigenvalue weighted by Crippen LogP contribution is 2.39. The third-order valence-corrected chi connectivity index (χ3v) is 2.94. The lowest BCUT2D eigenvalue weighted by Gasteiger charge is -2.23. The van der Waals surface area contributed by atoms with Gasteiger partial charge in [-0.1, -0.05) is 13.8 Å². The molecule has 102 valence electrons. The number of hydrogen-bond donors (Lipinski definition) is 3. The molecule has 0 bridgehead atoms. The van der Waals surface area contributed by atoms with E-state index in [9.17, 15) is 10.2 Å². The van der Waals surface area contributed by atoms with Gasteiger partial charge in [-0.2, -0.15) is 0 Å². The van der Waals surface area contributed by atoms with Gasteiger partial charge in [0.05, 0.1) is 26.4 Å². The summed E-state index contributed by atoms with van der Waals surface area (Å²) in [4.78, 5) is 0. The molecule has 18 heavy (non-hydrogen) atoms. The van der Waals surface area contributed by atoms with Crippen LogP contribution in [-0.2, 0) is 0 Å². The average Bonchev–Trinajstić information content (AvgIpc) is 2.37. The molecule has 0 unspecified atom stereocenters. The van der Waals surface area contributed by atoms with Crippen molar-refractivity contribution < 1.29 is 19.7 Å². The summed E-state index contributed by atoms with van der Waals surface area (Å²) in [6, 6.07) is 2.65. The summed E-state index contributed by atoms with van der Waals surface area (Å²) in [6.45, 7) is 3.78. The molecule has 0 aromatic heterocycles. The van der Waals surface area contributed by atoms with Gasteiger partial charge in [-0.05, 0) is 23.6 Å². The van der Waals surface area contributed by atoms with Crippen LogP contribution in [0.3, 0.4) is 0 Å². The van der Waals surface area contributed by atoms with Crippen LogP contribution < -0.4 is 15.2 Å². The lowest BCUT2D eigenvalue weighted by atomic mass is 9.94. The molecule has 0 spiro atoms. The molecule has 1 aromatic carbocycles. The number of aromatic hydroxyl groups is 1. The molecular weight excluding hydrogens is 234 g/mol. The number of rotatable bonds is 5. The van der Waals surface area contributed by atoms with E-state index < -0.39 is 12.1 Å². The maximum Gasteiger partial charge on any atom is 0.200 e. The highest BCUT2D eigenvalue weighted by Gasteiger charge is 2.23. The SMILES string of the molecule is COc1cc([C@@H](N)[C@@H](O)C(C)C)cc(OC)c1O. The Balaban J connectivity index is 3.17. The molecule has 0 heterocycles. The number of methoxy groups -OCH3 is 2. The van der Waals surface area contributed by atoms with E-state index in [1.54, 1.807) is 12.1 Å². The molecule has 5 nitrogen and oxygen atoms in total. The van der Waals surface area contributed by atoms with Crippen LogP contribution in [0.2, 0.25) is 0 Å². The Bertz CT molecular complexity index is 381. The molecule has 0 fully saturated rings. The number of aliphatic hydroxyl groups is 1. The largest absolute Gasteiger partial charge is 0.502 e. The van der Waals surface area contributed by atoms with Gasteiger partial charge in [-0.3, -0.25) is 0 Å². The summed E-state index contributed by atoms with van der Waals surface area (Å²) in [5.41, 5.74) is 6.65. The van der Waals surface area contributed by atoms with Gasteiger partial charge < -0.3 is 25.4 Å². The van der Waals surface area contributed by atoms with E-state index in [1.165, 1.54) is 14.2 Å². The first-order valence-corrected chi connectivity index (χ1v) is 5.80. The standard InChI is InChI=1S/C13H21NO4/c1-7(2)12(15)11(14)8-5-9(17-3)13(16)10(6-8)18-4/h5-7,11-12,15-16H,14H2,1-4H3/t11-,12+/m1/s1. The van der Waals surface area contributed by atoms with E-state index in [2.05, 4.69) is 0 Å². The first-order chi connectivity index (χ1) is 8.42. The molecule has 0 saturated heterocycles. The van der Waals surface area contributed by atoms with Crippen molar-refractivity contribution in [3.63, 3.8) is 0 Å². The minimum atomic E-state index is -0.677. The van der Waals surface area contributed by atoms with E-state index in [0.29, 0.717) is 5.56 Å². The lowest BCUT2D eigenvalue weighted by molar-refractivity contribution is 0.0977. The molecule has 0 aliphatic heterocycles. The minimum Gasteiger partial charge on any atom is -0.502 e. The fourth-order valence-electron chi connectivity index (χ4n) is 1.72. The van der Waals surface area contributed by atoms with E-state index in [-0.39, 0.29) is 23.2 Å². The number of benzene rings is 1. The first kappa shape index (κ1) is 14.6. The Labute approximate surface area is 107 Å². The maximum atomic E-state index is 9.98. The summed E-state index contributed by atoms with van der Waals surface area (Å²) in [7, 11) is 2.89. The molecule has 1 aromatic rings. The molecule has 4 N–H and O–H groups in total. The van der Waals surface area contributed by atoms with Crippen LogP contribution in [0, 0.1) is 5.92 Å². The number of phenols is 1. The third kappa shape index (κ3) is 2.86. The zero-order chi connectivity index (χ0) is 13.9. The van der Waals surface area contributed by atoms with Crippen molar-refractivity contribution in [1.82, 2.24) is 0 Å². The zero-order valence-electron chi connectivity index (χ0n) is 11.2. The van der Waals surface area contributed by atoms with Gasteiger partial charge in [0, 0.05) is 0 Å². The quantitative estimate of drug-likeness (QED) is 0.741. The molecule has 0 aliphatic rings. The second-order valence-corrected chi connectivity index (χ2v) is 4.53. The Kier molecular flexibility index (Phi) is 4.81. The summed E-state index contributed by atoms with van der Waals surface area (Å²) in [6.07, 6.45) is -0.677. The predicted molar refractivity (Wildman–Crippen MR) is 69.0 cm³/mol. The van der Waals surface area contributed by atoms with Crippen LogP contribution in [0.4, 0.5) is 0 Å². The maximum absolute atomic E-state index is 9.98. The van der Waals surface area contributed by atoms with Crippen molar-refractivity contribution in [2.24, 2.45) is 11.7 Å². The second-order valence-electron chi connectivity index (χ2n) is 4.53. The van der Waals surface area contributed by atoms with E-state index in [4.69, 9.17) is 15.2 Å². The van der Waals surface area contributed by atoms with E-state index in [0.717, 1.165) is 0 Å². The predicted octanol–water partition coefficient (Wildman–Crippen LogP) is 1.43. The van der Waals surface area contributed by atoms with Gasteiger partial charge in [0.15, 0.2) is 11.5 Å². The Morgan fingerprint density at radius 1 is 1.11 bits per heavy atom. The monoisotopic (exact) mass is 255 g/mol. The minimum absolute atomic E-state index is 0.0331. The Hall–Kier alpha value is -1.46. The van der Waals surface area contributed by atoms with Crippen molar-refractivity contribution in [2.45, 2.75) is 26.0 Å². The van der Waals surface area contributed by atoms with E-state index >= 15 is 0 Å². The number of phenolic OH excluding ortho intramolecular Hbond substituents is 1. The van der Waals surface area contributed by atoms with Gasteiger partial charge in [0.25, 0.3) is 0 Å². The molecule has 0 aliphatic carbocycles. The highest BCUT2D eigenvalue weighted by atomic mass is 16.5. The lowest BCUT2D eigenvalue weighted by Crippen LogP contribution is -2.30. The number of hydrogen-bond acceptors (Lipinski definition) is 5. The van der Waals surface area contributed by atoms with Gasteiger partial charge in [-0.15, -0.1) is 0 Å². The normalized spacial score (nSPS) is 14.4. The van der Waals surface area contributed by atoms with Crippen LogP contribution in [0.5, 0.6) is 17.2 Å². The number of aliphatic hydroxyl groups excluding tert-OH is 1. The van der Waals surface area contributed by atoms with Crippen LogP contribution in [0.25, 0.3) is 0 Å². The Morgan fingerprint density at radius 3 is 1.89 bits per heavy atom. The zero-order valence-corrected chi connectivity index (χ0v) is 11.2. The Morgan fingerprint density at radius 2 is 1.56 bits per heavy atom. The van der Waals surface area contributed by atoms with Crippen molar-refractivity contribution in [2.75, 3.05) is 14.2 Å². The summed E-state index contributed by atoms with van der Waals surface area (Å²) >= 11 is 0. The molecular formula is C13H21NO4. The van der Waals surface area contributed by atoms with Gasteiger partial charge in [0.2, 0.25) is 5.75 Å². The van der Waals surface area contributed by atoms with Crippen LogP contribution in [0.15, 0.2) is 12.1 Å². The first-order valence-electron chi connectivity index (χ1n) is 5.80. The summed E-state index contributed by atoms with van der Waals surface area (Å²) < 4.78 is 10.1. The number of ether oxygens (including phenoxy) is 2. The summed E-state index contributed by atoms with van der Waals surface area (Å²) in [5, 5.41) is 19.8. The fourth-order valence-corrected chi connectivity index (χ4v) is 1.72. The van der Waals surface area contributed by atoms with Crippen molar-refractivity contribution in [1.29, 1.82) is 0 Å². The fraction of sp³-hybridized carbons (Fsp3) is 0.538. The van der Waals surface area contributed by atoms with Crippen molar-refractivity contribution >= 4 is 0 Å². The van der Waals surface area contributed by atoms with Crippen LogP contribution in [0.1, 0.15) is 25.5 Å².